The third-order valence-electron chi connectivity index (χ3n) is 2.74. The molecule has 18 heavy (non-hydrogen) atoms. The van der Waals surface area contributed by atoms with E-state index in [4.69, 9.17) is 0 Å². The number of nitrogens with zero attached hydrogens (tertiary/aromatic N) is 2. The summed E-state index contributed by atoms with van der Waals surface area (Å²) in [5, 5.41) is 0. The molecule has 0 unspecified atom stereocenters. The molecule has 0 N–H and O–H groups in total. The van der Waals surface area contributed by atoms with Gasteiger partial charge in [0.05, 0.1) is 11.4 Å². The summed E-state index contributed by atoms with van der Waals surface area (Å²) < 4.78 is 14.8. The van der Waals surface area contributed by atoms with E-state index in [0.717, 1.165) is 16.0 Å². The van der Waals surface area contributed by atoms with Crippen LogP contribution in [0.2, 0.25) is 0 Å². The first kappa shape index (κ1) is 13.0. The molecule has 0 radical (unpaired) electrons. The van der Waals surface area contributed by atoms with Crippen molar-refractivity contribution in [2.24, 2.45) is 0 Å². The normalized spacial score (nSPS) is 10.4. The molecule has 94 valence electrons. The van der Waals surface area contributed by atoms with Crippen LogP contribution in [0, 0.1) is 12.7 Å². The summed E-state index contributed by atoms with van der Waals surface area (Å²) in [6.45, 7) is 4.56. The minimum absolute atomic E-state index is 0.235. The molecule has 2 nitrogen and oxygen atoms in total. The summed E-state index contributed by atoms with van der Waals surface area (Å²) in [4.78, 5) is 6.33. The molecule has 0 fully saturated rings. The van der Waals surface area contributed by atoms with Crippen LogP contribution in [0.4, 0.5) is 15.9 Å². The van der Waals surface area contributed by atoms with Gasteiger partial charge in [-0.15, -0.1) is 0 Å². The number of benzene rings is 1. The van der Waals surface area contributed by atoms with Crippen molar-refractivity contribution in [1.82, 2.24) is 4.98 Å². The molecule has 0 amide bonds. The molecule has 1 aromatic heterocycles. The van der Waals surface area contributed by atoms with Crippen molar-refractivity contribution in [3.8, 4) is 0 Å². The molecular weight excluding hydrogens is 295 g/mol. The van der Waals surface area contributed by atoms with E-state index >= 15 is 0 Å². The summed E-state index contributed by atoms with van der Waals surface area (Å²) >= 11 is 3.42. The van der Waals surface area contributed by atoms with Gasteiger partial charge in [0, 0.05) is 11.0 Å². The standard InChI is InChI=1S/C14H14BrFN2/c1-3-18(13-7-5-4-6-12(13)16)14-9-8-11(15)10(2)17-14/h4-9H,3H2,1-2H3. The van der Waals surface area contributed by atoms with E-state index in [1.54, 1.807) is 12.1 Å². The Balaban J connectivity index is 2.45. The maximum absolute atomic E-state index is 13.8. The first-order valence-corrected chi connectivity index (χ1v) is 6.58. The van der Waals surface area contributed by atoms with Crippen molar-refractivity contribution in [3.63, 3.8) is 0 Å². The number of aryl methyl sites for hydroxylation is 1. The number of pyridine rings is 1. The molecule has 0 aliphatic rings. The van der Waals surface area contributed by atoms with Crippen molar-refractivity contribution >= 4 is 27.4 Å². The highest BCUT2D eigenvalue weighted by Gasteiger charge is 2.13. The van der Waals surface area contributed by atoms with E-state index in [2.05, 4.69) is 20.9 Å². The van der Waals surface area contributed by atoms with Gasteiger partial charge in [0.15, 0.2) is 0 Å². The summed E-state index contributed by atoms with van der Waals surface area (Å²) in [6, 6.07) is 10.6. The van der Waals surface area contributed by atoms with Gasteiger partial charge in [0.2, 0.25) is 0 Å². The number of hydrogen-bond acceptors (Lipinski definition) is 2. The molecule has 2 rings (SSSR count). The number of rotatable bonds is 3. The van der Waals surface area contributed by atoms with Gasteiger partial charge < -0.3 is 4.90 Å². The van der Waals surface area contributed by atoms with Crippen LogP contribution in [-0.2, 0) is 0 Å². The average Bonchev–Trinajstić information content (AvgIpc) is 2.37. The highest BCUT2D eigenvalue weighted by atomic mass is 79.9. The van der Waals surface area contributed by atoms with E-state index < -0.39 is 0 Å². The van der Waals surface area contributed by atoms with Gasteiger partial charge in [-0.1, -0.05) is 12.1 Å². The Labute approximate surface area is 115 Å². The lowest BCUT2D eigenvalue weighted by molar-refractivity contribution is 0.625. The van der Waals surface area contributed by atoms with E-state index in [-0.39, 0.29) is 5.82 Å². The lowest BCUT2D eigenvalue weighted by atomic mass is 10.2. The maximum atomic E-state index is 13.8. The summed E-state index contributed by atoms with van der Waals surface area (Å²) in [7, 11) is 0. The summed E-state index contributed by atoms with van der Waals surface area (Å²) in [6.07, 6.45) is 0. The largest absolute Gasteiger partial charge is 0.324 e. The van der Waals surface area contributed by atoms with Crippen LogP contribution in [0.3, 0.4) is 0 Å². The summed E-state index contributed by atoms with van der Waals surface area (Å²) in [5.41, 5.74) is 1.44. The van der Waals surface area contributed by atoms with Crippen LogP contribution in [0.15, 0.2) is 40.9 Å². The lowest BCUT2D eigenvalue weighted by Gasteiger charge is -2.23. The molecule has 0 aliphatic heterocycles. The topological polar surface area (TPSA) is 16.1 Å². The highest BCUT2D eigenvalue weighted by molar-refractivity contribution is 9.10. The molecule has 1 heterocycles. The molecule has 0 aliphatic carbocycles. The van der Waals surface area contributed by atoms with Crippen molar-refractivity contribution < 1.29 is 4.39 Å². The Morgan fingerprint density at radius 2 is 1.94 bits per heavy atom. The van der Waals surface area contributed by atoms with Gasteiger partial charge in [0.1, 0.15) is 11.6 Å². The molecule has 0 bridgehead atoms. The molecule has 2 aromatic rings. The quantitative estimate of drug-likeness (QED) is 0.833. The smallest absolute Gasteiger partial charge is 0.146 e. The van der Waals surface area contributed by atoms with E-state index in [0.29, 0.717) is 12.2 Å². The van der Waals surface area contributed by atoms with Crippen molar-refractivity contribution in [3.05, 3.63) is 52.4 Å². The average molecular weight is 309 g/mol. The third kappa shape index (κ3) is 2.53. The van der Waals surface area contributed by atoms with Gasteiger partial charge >= 0.3 is 0 Å². The number of aromatic nitrogens is 1. The molecule has 0 saturated carbocycles. The van der Waals surface area contributed by atoms with Crippen molar-refractivity contribution in [2.75, 3.05) is 11.4 Å². The minimum Gasteiger partial charge on any atom is -0.324 e. The Bertz CT molecular complexity index is 557. The second kappa shape index (κ2) is 5.48. The zero-order valence-corrected chi connectivity index (χ0v) is 11.9. The Hall–Kier alpha value is -1.42. The second-order valence-corrected chi connectivity index (χ2v) is 4.79. The SMILES string of the molecule is CCN(c1ccc(Br)c(C)n1)c1ccccc1F. The Morgan fingerprint density at radius 1 is 1.22 bits per heavy atom. The number of hydrogen-bond donors (Lipinski definition) is 0. The highest BCUT2D eigenvalue weighted by Crippen LogP contribution is 2.27. The predicted octanol–water partition coefficient (Wildman–Crippen LogP) is 4.45. The lowest BCUT2D eigenvalue weighted by Crippen LogP contribution is -2.18. The van der Waals surface area contributed by atoms with Gasteiger partial charge in [-0.25, -0.2) is 9.37 Å². The fourth-order valence-electron chi connectivity index (χ4n) is 1.81. The van der Waals surface area contributed by atoms with Crippen LogP contribution >= 0.6 is 15.9 Å². The maximum Gasteiger partial charge on any atom is 0.146 e. The van der Waals surface area contributed by atoms with Gasteiger partial charge in [-0.05, 0) is 54.0 Å². The van der Waals surface area contributed by atoms with Gasteiger partial charge in [-0.3, -0.25) is 0 Å². The van der Waals surface area contributed by atoms with Crippen molar-refractivity contribution in [1.29, 1.82) is 0 Å². The molecule has 4 heteroatoms. The second-order valence-electron chi connectivity index (χ2n) is 3.93. The van der Waals surface area contributed by atoms with Gasteiger partial charge in [-0.2, -0.15) is 0 Å². The zero-order chi connectivity index (χ0) is 13.1. The number of para-hydroxylation sites is 1. The van der Waals surface area contributed by atoms with Crippen LogP contribution < -0.4 is 4.90 Å². The number of halogens is 2. The molecular formula is C14H14BrFN2. The van der Waals surface area contributed by atoms with Crippen LogP contribution in [0.1, 0.15) is 12.6 Å². The number of anilines is 2. The van der Waals surface area contributed by atoms with E-state index in [1.165, 1.54) is 6.07 Å². The first-order valence-electron chi connectivity index (χ1n) is 5.78. The van der Waals surface area contributed by atoms with Crippen LogP contribution in [0.25, 0.3) is 0 Å². The predicted molar refractivity (Wildman–Crippen MR) is 75.8 cm³/mol. The van der Waals surface area contributed by atoms with Crippen LogP contribution in [-0.4, -0.2) is 11.5 Å². The molecule has 0 saturated heterocycles. The molecule has 0 atom stereocenters. The Morgan fingerprint density at radius 3 is 2.56 bits per heavy atom. The van der Waals surface area contributed by atoms with Crippen molar-refractivity contribution in [2.45, 2.75) is 13.8 Å². The monoisotopic (exact) mass is 308 g/mol. The minimum atomic E-state index is -0.235. The molecule has 0 spiro atoms. The Kier molecular flexibility index (Phi) is 3.97. The van der Waals surface area contributed by atoms with Crippen LogP contribution in [0.5, 0.6) is 0 Å². The first-order chi connectivity index (χ1) is 8.63. The fraction of sp³-hybridized carbons (Fsp3) is 0.214. The van der Waals surface area contributed by atoms with E-state index in [1.807, 2.05) is 36.9 Å². The summed E-state index contributed by atoms with van der Waals surface area (Å²) in [5.74, 6) is 0.519. The zero-order valence-electron chi connectivity index (χ0n) is 10.3. The molecule has 1 aromatic carbocycles. The van der Waals surface area contributed by atoms with E-state index in [9.17, 15) is 4.39 Å². The fourth-order valence-corrected chi connectivity index (χ4v) is 2.03. The third-order valence-corrected chi connectivity index (χ3v) is 3.58. The van der Waals surface area contributed by atoms with Gasteiger partial charge in [0.25, 0.3) is 0 Å².